The fraction of sp³-hybridized carbons (Fsp3) is 0.318. The molecule has 11 heteroatoms. The highest BCUT2D eigenvalue weighted by Crippen LogP contribution is 2.36. The number of aryl methyl sites for hydroxylation is 1. The lowest BCUT2D eigenvalue weighted by molar-refractivity contribution is -0.137. The summed E-state index contributed by atoms with van der Waals surface area (Å²) in [6, 6.07) is 12.6. The molecule has 0 spiro atoms. The van der Waals surface area contributed by atoms with Gasteiger partial charge in [-0.2, -0.15) is 22.6 Å². The summed E-state index contributed by atoms with van der Waals surface area (Å²) < 4.78 is 68.3. The first-order valence-corrected chi connectivity index (χ1v) is 12.1. The molecular weight excluding hydrogens is 477 g/mol. The van der Waals surface area contributed by atoms with Gasteiger partial charge in [-0.1, -0.05) is 23.7 Å². The fourth-order valence-electron chi connectivity index (χ4n) is 3.80. The first kappa shape index (κ1) is 23.7. The van der Waals surface area contributed by atoms with Crippen LogP contribution >= 0.6 is 11.6 Å². The number of rotatable bonds is 5. The normalized spacial score (nSPS) is 16.3. The molecule has 0 unspecified atom stereocenters. The number of hydrogen-bond acceptors (Lipinski definition) is 4. The summed E-state index contributed by atoms with van der Waals surface area (Å²) in [5.74, 6) is 0. The van der Waals surface area contributed by atoms with Gasteiger partial charge in [0, 0.05) is 44.6 Å². The van der Waals surface area contributed by atoms with E-state index in [9.17, 15) is 21.6 Å². The van der Waals surface area contributed by atoms with E-state index in [1.807, 2.05) is 41.9 Å². The first-order valence-electron chi connectivity index (χ1n) is 10.2. The Morgan fingerprint density at radius 3 is 2.24 bits per heavy atom. The first-order chi connectivity index (χ1) is 15.6. The highest BCUT2D eigenvalue weighted by Gasteiger charge is 2.36. The Morgan fingerprint density at radius 1 is 1.00 bits per heavy atom. The minimum absolute atomic E-state index is 0.191. The third-order valence-electron chi connectivity index (χ3n) is 5.63. The van der Waals surface area contributed by atoms with Crippen LogP contribution in [-0.2, 0) is 22.7 Å². The highest BCUT2D eigenvalue weighted by molar-refractivity contribution is 7.89. The van der Waals surface area contributed by atoms with Crippen molar-refractivity contribution in [2.75, 3.05) is 26.2 Å². The van der Waals surface area contributed by atoms with Gasteiger partial charge in [0.1, 0.15) is 0 Å². The Bertz CT molecular complexity index is 1240. The van der Waals surface area contributed by atoms with E-state index in [-0.39, 0.29) is 13.1 Å². The zero-order chi connectivity index (χ0) is 23.8. The Labute approximate surface area is 195 Å². The van der Waals surface area contributed by atoms with Crippen molar-refractivity contribution >= 4 is 21.6 Å². The standard InChI is InChI=1S/C22H22ClF3N4O2S/c1-16-8-9-27-30(16)18-4-2-17(3-5-18)15-28-10-12-29(13-11-28)33(31,32)19-6-7-21(23)20(14-19)22(24,25)26/h2-9,14H,10-13,15H2,1H3. The van der Waals surface area contributed by atoms with Gasteiger partial charge in [-0.05, 0) is 48.9 Å². The Hall–Kier alpha value is -2.40. The summed E-state index contributed by atoms with van der Waals surface area (Å²) in [5.41, 5.74) is 1.91. The number of piperazine rings is 1. The highest BCUT2D eigenvalue weighted by atomic mass is 35.5. The van der Waals surface area contributed by atoms with Gasteiger partial charge < -0.3 is 0 Å². The minimum Gasteiger partial charge on any atom is -0.296 e. The maximum Gasteiger partial charge on any atom is 0.417 e. The van der Waals surface area contributed by atoms with E-state index >= 15 is 0 Å². The van der Waals surface area contributed by atoms with Crippen LogP contribution in [0.4, 0.5) is 13.2 Å². The minimum atomic E-state index is -4.73. The smallest absolute Gasteiger partial charge is 0.296 e. The van der Waals surface area contributed by atoms with Gasteiger partial charge in [0.2, 0.25) is 10.0 Å². The predicted octanol–water partition coefficient (Wildman–Crippen LogP) is 4.36. The maximum absolute atomic E-state index is 13.1. The van der Waals surface area contributed by atoms with Crippen LogP contribution in [0.15, 0.2) is 59.6 Å². The molecule has 0 saturated carbocycles. The molecule has 0 aliphatic carbocycles. The summed E-state index contributed by atoms with van der Waals surface area (Å²) in [5, 5.41) is 3.76. The second-order valence-corrected chi connectivity index (χ2v) is 10.2. The fourth-order valence-corrected chi connectivity index (χ4v) is 5.47. The molecule has 2 heterocycles. The zero-order valence-corrected chi connectivity index (χ0v) is 19.3. The lowest BCUT2D eigenvalue weighted by Crippen LogP contribution is -2.48. The van der Waals surface area contributed by atoms with Crippen molar-refractivity contribution in [3.63, 3.8) is 0 Å². The van der Waals surface area contributed by atoms with Crippen LogP contribution in [0.2, 0.25) is 5.02 Å². The molecule has 1 aromatic heterocycles. The van der Waals surface area contributed by atoms with E-state index in [1.54, 1.807) is 6.20 Å². The summed E-state index contributed by atoms with van der Waals surface area (Å²) in [4.78, 5) is 1.71. The Kier molecular flexibility index (Phi) is 6.54. The largest absolute Gasteiger partial charge is 0.417 e. The van der Waals surface area contributed by atoms with Crippen molar-refractivity contribution in [2.24, 2.45) is 0 Å². The Balaban J connectivity index is 1.40. The second kappa shape index (κ2) is 9.09. The molecule has 3 aromatic rings. The molecule has 1 saturated heterocycles. The molecule has 2 aromatic carbocycles. The molecule has 0 radical (unpaired) electrons. The van der Waals surface area contributed by atoms with Gasteiger partial charge in [0.25, 0.3) is 0 Å². The van der Waals surface area contributed by atoms with Gasteiger partial charge in [0.15, 0.2) is 0 Å². The van der Waals surface area contributed by atoms with Crippen LogP contribution in [0.1, 0.15) is 16.8 Å². The predicted molar refractivity (Wildman–Crippen MR) is 119 cm³/mol. The van der Waals surface area contributed by atoms with Crippen molar-refractivity contribution in [3.8, 4) is 5.69 Å². The molecule has 176 valence electrons. The number of nitrogens with zero attached hydrogens (tertiary/aromatic N) is 4. The average molecular weight is 499 g/mol. The number of hydrogen-bond donors (Lipinski definition) is 0. The van der Waals surface area contributed by atoms with Gasteiger partial charge >= 0.3 is 6.18 Å². The van der Waals surface area contributed by atoms with Gasteiger partial charge in [-0.25, -0.2) is 13.1 Å². The number of sulfonamides is 1. The van der Waals surface area contributed by atoms with Gasteiger partial charge in [-0.15, -0.1) is 0 Å². The van der Waals surface area contributed by atoms with E-state index in [4.69, 9.17) is 11.6 Å². The molecule has 6 nitrogen and oxygen atoms in total. The third kappa shape index (κ3) is 5.08. The Morgan fingerprint density at radius 2 is 1.67 bits per heavy atom. The van der Waals surface area contributed by atoms with Gasteiger partial charge in [0.05, 0.1) is 21.2 Å². The zero-order valence-electron chi connectivity index (χ0n) is 17.8. The van der Waals surface area contributed by atoms with Crippen LogP contribution in [0.5, 0.6) is 0 Å². The molecule has 33 heavy (non-hydrogen) atoms. The second-order valence-electron chi connectivity index (χ2n) is 7.87. The lowest BCUT2D eigenvalue weighted by Gasteiger charge is -2.34. The quantitative estimate of drug-likeness (QED) is 0.524. The van der Waals surface area contributed by atoms with Crippen molar-refractivity contribution in [1.29, 1.82) is 0 Å². The number of aromatic nitrogens is 2. The van der Waals surface area contributed by atoms with E-state index in [2.05, 4.69) is 10.00 Å². The van der Waals surface area contributed by atoms with E-state index < -0.39 is 31.7 Å². The van der Waals surface area contributed by atoms with Crippen molar-refractivity contribution in [1.82, 2.24) is 19.0 Å². The summed E-state index contributed by atoms with van der Waals surface area (Å²) in [7, 11) is -4.05. The molecule has 1 aliphatic rings. The molecule has 0 amide bonds. The van der Waals surface area contributed by atoms with Crippen LogP contribution in [0, 0.1) is 6.92 Å². The number of halogens is 4. The summed E-state index contributed by atoms with van der Waals surface area (Å²) in [6.45, 7) is 3.94. The third-order valence-corrected chi connectivity index (χ3v) is 7.86. The topological polar surface area (TPSA) is 58.4 Å². The monoisotopic (exact) mass is 498 g/mol. The summed E-state index contributed by atoms with van der Waals surface area (Å²) in [6.07, 6.45) is -2.99. The summed E-state index contributed by atoms with van der Waals surface area (Å²) >= 11 is 5.62. The van der Waals surface area contributed by atoms with Crippen molar-refractivity contribution in [3.05, 3.63) is 76.6 Å². The van der Waals surface area contributed by atoms with Crippen LogP contribution in [0.3, 0.4) is 0 Å². The van der Waals surface area contributed by atoms with Crippen LogP contribution in [-0.4, -0.2) is 53.6 Å². The number of benzene rings is 2. The van der Waals surface area contributed by atoms with Crippen molar-refractivity contribution in [2.45, 2.75) is 24.5 Å². The molecule has 1 aliphatic heterocycles. The molecular formula is C22H22ClF3N4O2S. The number of alkyl halides is 3. The van der Waals surface area contributed by atoms with Crippen molar-refractivity contribution < 1.29 is 21.6 Å². The van der Waals surface area contributed by atoms with E-state index in [1.165, 1.54) is 4.31 Å². The van der Waals surface area contributed by atoms with E-state index in [0.29, 0.717) is 25.7 Å². The molecule has 0 atom stereocenters. The lowest BCUT2D eigenvalue weighted by atomic mass is 10.2. The molecule has 4 rings (SSSR count). The van der Waals surface area contributed by atoms with Gasteiger partial charge in [-0.3, -0.25) is 4.90 Å². The SMILES string of the molecule is Cc1ccnn1-c1ccc(CN2CCN(S(=O)(=O)c3ccc(Cl)c(C(F)(F)F)c3)CC2)cc1. The van der Waals surface area contributed by atoms with Crippen LogP contribution < -0.4 is 0 Å². The molecule has 0 N–H and O–H groups in total. The molecule has 1 fully saturated rings. The average Bonchev–Trinajstić information content (AvgIpc) is 3.20. The maximum atomic E-state index is 13.1. The van der Waals surface area contributed by atoms with E-state index in [0.717, 1.165) is 29.1 Å². The van der Waals surface area contributed by atoms with Crippen LogP contribution in [0.25, 0.3) is 5.69 Å². The molecule has 0 bridgehead atoms.